The van der Waals surface area contributed by atoms with Crippen LogP contribution in [-0.2, 0) is 0 Å². The van der Waals surface area contributed by atoms with Crippen LogP contribution in [0.4, 0.5) is 0 Å². The van der Waals surface area contributed by atoms with Crippen molar-refractivity contribution in [3.8, 4) is 5.75 Å². The van der Waals surface area contributed by atoms with Gasteiger partial charge in [0.25, 0.3) is 0 Å². The summed E-state index contributed by atoms with van der Waals surface area (Å²) in [6.45, 7) is 0. The van der Waals surface area contributed by atoms with Crippen LogP contribution in [0.1, 0.15) is 54.1 Å². The molecule has 0 spiro atoms. The summed E-state index contributed by atoms with van der Waals surface area (Å²) < 4.78 is 6.33. The second-order valence-electron chi connectivity index (χ2n) is 6.03. The molecule has 0 bridgehead atoms. The van der Waals surface area contributed by atoms with Gasteiger partial charge in [-0.2, -0.15) is 0 Å². The highest BCUT2D eigenvalue weighted by atomic mass is 16.5. The molecule has 1 aliphatic carbocycles. The van der Waals surface area contributed by atoms with Gasteiger partial charge in [-0.05, 0) is 30.5 Å². The summed E-state index contributed by atoms with van der Waals surface area (Å²) in [5, 5.41) is 0. The van der Waals surface area contributed by atoms with Crippen molar-refractivity contribution in [1.29, 1.82) is 0 Å². The number of hydrogen-bond acceptors (Lipinski definition) is 2. The monoisotopic (exact) mass is 294 g/mol. The highest BCUT2D eigenvalue weighted by Crippen LogP contribution is 2.37. The third kappa shape index (κ3) is 3.56. The van der Waals surface area contributed by atoms with Gasteiger partial charge in [-0.1, -0.05) is 61.7 Å². The van der Waals surface area contributed by atoms with E-state index in [0.29, 0.717) is 11.5 Å². The van der Waals surface area contributed by atoms with Crippen LogP contribution >= 0.6 is 0 Å². The molecule has 2 aromatic carbocycles. The Balaban J connectivity index is 1.85. The standard InChI is InChI=1S/C20H22O2/c21-15-16-11-13-18(14-12-16)20(17-7-3-1-4-8-17)22-19-9-5-2-6-10-19/h2,5-6,9-15,17,20H,1,3-4,7-8H2. The molecule has 0 aromatic heterocycles. The average molecular weight is 294 g/mol. The fourth-order valence-corrected chi connectivity index (χ4v) is 3.28. The minimum Gasteiger partial charge on any atom is -0.485 e. The van der Waals surface area contributed by atoms with Crippen LogP contribution in [0.15, 0.2) is 54.6 Å². The molecule has 0 saturated heterocycles. The fraction of sp³-hybridized carbons (Fsp3) is 0.350. The van der Waals surface area contributed by atoms with Crippen molar-refractivity contribution in [3.63, 3.8) is 0 Å². The second-order valence-corrected chi connectivity index (χ2v) is 6.03. The van der Waals surface area contributed by atoms with Gasteiger partial charge in [-0.3, -0.25) is 4.79 Å². The normalized spacial score (nSPS) is 16.9. The molecule has 2 heteroatoms. The van der Waals surface area contributed by atoms with Gasteiger partial charge in [0, 0.05) is 11.5 Å². The van der Waals surface area contributed by atoms with Crippen LogP contribution in [0.3, 0.4) is 0 Å². The molecule has 1 atom stereocenters. The van der Waals surface area contributed by atoms with Gasteiger partial charge in [0.2, 0.25) is 0 Å². The first-order valence-electron chi connectivity index (χ1n) is 8.13. The third-order valence-electron chi connectivity index (χ3n) is 4.49. The first kappa shape index (κ1) is 14.8. The minimum atomic E-state index is 0.0726. The summed E-state index contributed by atoms with van der Waals surface area (Å²) in [6.07, 6.45) is 7.29. The van der Waals surface area contributed by atoms with E-state index in [9.17, 15) is 4.79 Å². The molecule has 1 aliphatic rings. The molecule has 2 aromatic rings. The summed E-state index contributed by atoms with van der Waals surface area (Å²) in [5.41, 5.74) is 1.88. The summed E-state index contributed by atoms with van der Waals surface area (Å²) >= 11 is 0. The molecular weight excluding hydrogens is 272 g/mol. The van der Waals surface area contributed by atoms with Gasteiger partial charge in [0.05, 0.1) is 0 Å². The van der Waals surface area contributed by atoms with E-state index in [1.54, 1.807) is 0 Å². The number of hydrogen-bond donors (Lipinski definition) is 0. The largest absolute Gasteiger partial charge is 0.485 e. The lowest BCUT2D eigenvalue weighted by molar-refractivity contribution is 0.108. The van der Waals surface area contributed by atoms with Gasteiger partial charge in [0.1, 0.15) is 18.1 Å². The highest BCUT2D eigenvalue weighted by molar-refractivity contribution is 5.74. The number of rotatable bonds is 5. The molecule has 1 saturated carbocycles. The van der Waals surface area contributed by atoms with Crippen LogP contribution in [0.2, 0.25) is 0 Å². The van der Waals surface area contributed by atoms with Crippen LogP contribution in [-0.4, -0.2) is 6.29 Å². The van der Waals surface area contributed by atoms with E-state index in [1.807, 2.05) is 54.6 Å². The van der Waals surface area contributed by atoms with E-state index >= 15 is 0 Å². The molecule has 2 nitrogen and oxygen atoms in total. The Hall–Kier alpha value is -2.09. The Morgan fingerprint density at radius 3 is 2.23 bits per heavy atom. The zero-order valence-corrected chi connectivity index (χ0v) is 12.8. The number of ether oxygens (including phenoxy) is 1. The van der Waals surface area contributed by atoms with Crippen molar-refractivity contribution >= 4 is 6.29 Å². The van der Waals surface area contributed by atoms with E-state index in [2.05, 4.69) is 0 Å². The Bertz CT molecular complexity index is 583. The number of para-hydroxylation sites is 1. The predicted octanol–water partition coefficient (Wildman–Crippen LogP) is 5.20. The Morgan fingerprint density at radius 1 is 0.909 bits per heavy atom. The van der Waals surface area contributed by atoms with Gasteiger partial charge in [-0.15, -0.1) is 0 Å². The van der Waals surface area contributed by atoms with Crippen LogP contribution in [0, 0.1) is 5.92 Å². The molecule has 0 N–H and O–H groups in total. The minimum absolute atomic E-state index is 0.0726. The second kappa shape index (κ2) is 7.26. The molecule has 3 rings (SSSR count). The number of aldehydes is 1. The van der Waals surface area contributed by atoms with Crippen LogP contribution in [0.25, 0.3) is 0 Å². The topological polar surface area (TPSA) is 26.3 Å². The SMILES string of the molecule is O=Cc1ccc(C(Oc2ccccc2)C2CCCCC2)cc1. The van der Waals surface area contributed by atoms with Crippen molar-refractivity contribution in [2.75, 3.05) is 0 Å². The summed E-state index contributed by atoms with van der Waals surface area (Å²) in [6, 6.07) is 17.9. The molecule has 0 amide bonds. The number of benzene rings is 2. The van der Waals surface area contributed by atoms with E-state index < -0.39 is 0 Å². The molecule has 0 aliphatic heterocycles. The Kier molecular flexibility index (Phi) is 4.89. The number of carbonyl (C=O) groups excluding carboxylic acids is 1. The Labute approximate surface area is 132 Å². The van der Waals surface area contributed by atoms with Crippen LogP contribution in [0.5, 0.6) is 5.75 Å². The van der Waals surface area contributed by atoms with Crippen molar-refractivity contribution in [1.82, 2.24) is 0 Å². The average Bonchev–Trinajstić information content (AvgIpc) is 2.61. The summed E-state index contributed by atoms with van der Waals surface area (Å²) in [5.74, 6) is 1.47. The smallest absolute Gasteiger partial charge is 0.150 e. The molecule has 22 heavy (non-hydrogen) atoms. The highest BCUT2D eigenvalue weighted by Gasteiger charge is 2.26. The zero-order valence-electron chi connectivity index (χ0n) is 12.8. The Morgan fingerprint density at radius 2 is 1.59 bits per heavy atom. The van der Waals surface area contributed by atoms with Crippen molar-refractivity contribution in [2.24, 2.45) is 5.92 Å². The van der Waals surface area contributed by atoms with E-state index in [4.69, 9.17) is 4.74 Å². The van der Waals surface area contributed by atoms with Gasteiger partial charge < -0.3 is 4.74 Å². The lowest BCUT2D eigenvalue weighted by Gasteiger charge is -2.31. The quantitative estimate of drug-likeness (QED) is 0.708. The first-order valence-corrected chi connectivity index (χ1v) is 8.13. The maximum Gasteiger partial charge on any atom is 0.150 e. The number of carbonyl (C=O) groups is 1. The van der Waals surface area contributed by atoms with Crippen LogP contribution < -0.4 is 4.74 Å². The van der Waals surface area contributed by atoms with E-state index in [-0.39, 0.29) is 6.10 Å². The summed E-state index contributed by atoms with van der Waals surface area (Å²) in [7, 11) is 0. The molecule has 1 unspecified atom stereocenters. The first-order chi connectivity index (χ1) is 10.9. The summed E-state index contributed by atoms with van der Waals surface area (Å²) in [4.78, 5) is 10.8. The molecule has 114 valence electrons. The molecular formula is C20H22O2. The lowest BCUT2D eigenvalue weighted by Crippen LogP contribution is -2.21. The molecule has 1 fully saturated rings. The predicted molar refractivity (Wildman–Crippen MR) is 88.2 cm³/mol. The zero-order chi connectivity index (χ0) is 15.2. The molecule has 0 radical (unpaired) electrons. The van der Waals surface area contributed by atoms with Gasteiger partial charge >= 0.3 is 0 Å². The van der Waals surface area contributed by atoms with Crippen molar-refractivity contribution < 1.29 is 9.53 Å². The maximum atomic E-state index is 10.8. The fourth-order valence-electron chi connectivity index (χ4n) is 3.28. The lowest BCUT2D eigenvalue weighted by atomic mass is 9.82. The maximum absolute atomic E-state index is 10.8. The molecule has 0 heterocycles. The van der Waals surface area contributed by atoms with Gasteiger partial charge in [-0.25, -0.2) is 0 Å². The van der Waals surface area contributed by atoms with E-state index in [0.717, 1.165) is 12.0 Å². The van der Waals surface area contributed by atoms with E-state index in [1.165, 1.54) is 37.7 Å². The van der Waals surface area contributed by atoms with Crippen molar-refractivity contribution in [2.45, 2.75) is 38.2 Å². The third-order valence-corrected chi connectivity index (χ3v) is 4.49. The van der Waals surface area contributed by atoms with Gasteiger partial charge in [0.15, 0.2) is 0 Å². The van der Waals surface area contributed by atoms with Crippen molar-refractivity contribution in [3.05, 3.63) is 65.7 Å².